The van der Waals surface area contributed by atoms with Crippen LogP contribution < -0.4 is 39.4 Å². The smallest absolute Gasteiger partial charge is 0.164 e. The van der Waals surface area contributed by atoms with E-state index < -0.39 is 0 Å². The van der Waals surface area contributed by atoms with Crippen molar-refractivity contribution in [3.8, 4) is 57.0 Å². The van der Waals surface area contributed by atoms with Crippen LogP contribution in [0, 0.1) is 0 Å². The zero-order chi connectivity index (χ0) is 42.8. The molecule has 0 atom stereocenters. The van der Waals surface area contributed by atoms with Crippen molar-refractivity contribution in [1.29, 1.82) is 0 Å². The molecule has 2 aromatic heterocycles. The number of aromatic nitrogens is 4. The fraction of sp³-hybridized carbons (Fsp3) is 0.545. The molecule has 0 radical (unpaired) electrons. The first-order chi connectivity index (χ1) is 27.1. The van der Waals surface area contributed by atoms with Crippen LogP contribution in [0.15, 0.2) is 48.5 Å². The molecule has 0 saturated carbocycles. The maximum atomic E-state index is 10.4. The highest BCUT2D eigenvalue weighted by molar-refractivity contribution is 5.75. The fourth-order valence-corrected chi connectivity index (χ4v) is 8.95. The molecule has 0 amide bonds. The summed E-state index contributed by atoms with van der Waals surface area (Å²) in [6, 6.07) is 14.8. The van der Waals surface area contributed by atoms with Gasteiger partial charge in [-0.1, -0.05) is 0 Å². The maximum absolute atomic E-state index is 10.4. The molecule has 14 nitrogen and oxygen atoms in total. The highest BCUT2D eigenvalue weighted by atomic mass is 16.5. The summed E-state index contributed by atoms with van der Waals surface area (Å²) in [5.74, 6) is 3.73. The molecule has 58 heavy (non-hydrogen) atoms. The molecule has 2 aromatic carbocycles. The second-order valence-electron chi connectivity index (χ2n) is 18.1. The second-order valence-corrected chi connectivity index (χ2v) is 18.1. The molecule has 0 aliphatic carbocycles. The minimum atomic E-state index is 0.0402. The van der Waals surface area contributed by atoms with Crippen LogP contribution in [-0.4, -0.2) is 107 Å². The molecular weight excluding hydrogens is 737 g/mol. The summed E-state index contributed by atoms with van der Waals surface area (Å²) in [6.45, 7) is 17.9. The number of benzene rings is 2. The number of aromatic hydroxyl groups is 2. The van der Waals surface area contributed by atoms with Gasteiger partial charge in [0.1, 0.15) is 28.7 Å². The predicted octanol–water partition coefficient (Wildman–Crippen LogP) is 7.22. The van der Waals surface area contributed by atoms with Crippen LogP contribution >= 0.6 is 0 Å². The number of rotatable bonds is 10. The number of nitrogens with one attached hydrogen (secondary N) is 2. The van der Waals surface area contributed by atoms with Gasteiger partial charge in [0, 0.05) is 72.1 Å². The standard InChI is InChI=1S/2C22H32N4O3/c1-21(2)12-14(13-22(3,4)25-21)26(5)20-9-8-16(23-24-20)15-10-18(28-6)19(29-7)11-17(15)27;1-21(2)12-14(13-22(3,4)25-21)26(5)19-9-8-16(23-24-19)20-17(27)10-15(28-6)11-18(20)29-7/h2*8-11,14,25,27H,12-13H2,1-7H3. The van der Waals surface area contributed by atoms with Crippen LogP contribution in [0.25, 0.3) is 22.5 Å². The third-order valence-electron chi connectivity index (χ3n) is 11.0. The molecular formula is C44H64N8O6. The molecule has 2 aliphatic heterocycles. The average Bonchev–Trinajstić information content (AvgIpc) is 3.14. The van der Waals surface area contributed by atoms with Crippen LogP contribution in [0.2, 0.25) is 0 Å². The van der Waals surface area contributed by atoms with E-state index in [-0.39, 0.29) is 33.7 Å². The summed E-state index contributed by atoms with van der Waals surface area (Å²) in [6.07, 6.45) is 4.08. The van der Waals surface area contributed by atoms with Crippen LogP contribution in [0.4, 0.5) is 11.6 Å². The molecule has 2 saturated heterocycles. The first-order valence-corrected chi connectivity index (χ1v) is 19.7. The van der Waals surface area contributed by atoms with E-state index in [9.17, 15) is 10.2 Å². The quantitative estimate of drug-likeness (QED) is 0.127. The number of hydrogen-bond acceptors (Lipinski definition) is 14. The second kappa shape index (κ2) is 17.0. The predicted molar refractivity (Wildman–Crippen MR) is 230 cm³/mol. The van der Waals surface area contributed by atoms with Crippen molar-refractivity contribution in [1.82, 2.24) is 31.0 Å². The highest BCUT2D eigenvalue weighted by Gasteiger charge is 2.41. The summed E-state index contributed by atoms with van der Waals surface area (Å²) >= 11 is 0. The Labute approximate surface area is 344 Å². The molecule has 316 valence electrons. The van der Waals surface area contributed by atoms with Gasteiger partial charge in [-0.3, -0.25) is 0 Å². The number of phenolic OH excluding ortho intramolecular Hbond substituents is 2. The summed E-state index contributed by atoms with van der Waals surface area (Å²) in [7, 11) is 10.3. The van der Waals surface area contributed by atoms with Crippen LogP contribution in [-0.2, 0) is 0 Å². The Balaban J connectivity index is 0.000000221. The maximum Gasteiger partial charge on any atom is 0.164 e. The Morgan fingerprint density at radius 1 is 0.534 bits per heavy atom. The number of methoxy groups -OCH3 is 4. The Bertz CT molecular complexity index is 1990. The normalized spacial score (nSPS) is 18.3. The highest BCUT2D eigenvalue weighted by Crippen LogP contribution is 2.42. The van der Waals surface area contributed by atoms with E-state index in [1.807, 2.05) is 24.3 Å². The minimum Gasteiger partial charge on any atom is -0.507 e. The van der Waals surface area contributed by atoms with Crippen molar-refractivity contribution in [2.24, 2.45) is 0 Å². The summed E-state index contributed by atoms with van der Waals surface area (Å²) in [5, 5.41) is 45.9. The number of piperidine rings is 2. The van der Waals surface area contributed by atoms with E-state index in [4.69, 9.17) is 18.9 Å². The molecule has 4 heterocycles. The topological polar surface area (TPSA) is 159 Å². The van der Waals surface area contributed by atoms with Gasteiger partial charge in [-0.05, 0) is 111 Å². The summed E-state index contributed by atoms with van der Waals surface area (Å²) < 4.78 is 21.2. The van der Waals surface area contributed by atoms with Crippen LogP contribution in [0.5, 0.6) is 34.5 Å². The molecule has 2 aliphatic rings. The first kappa shape index (κ1) is 44.0. The van der Waals surface area contributed by atoms with Gasteiger partial charge >= 0.3 is 0 Å². The van der Waals surface area contributed by atoms with Crippen molar-refractivity contribution in [3.63, 3.8) is 0 Å². The molecule has 4 aromatic rings. The van der Waals surface area contributed by atoms with Crippen molar-refractivity contribution in [3.05, 3.63) is 48.5 Å². The Kier molecular flexibility index (Phi) is 12.9. The van der Waals surface area contributed by atoms with Crippen molar-refractivity contribution in [2.45, 2.75) is 115 Å². The summed E-state index contributed by atoms with van der Waals surface area (Å²) in [4.78, 5) is 4.40. The minimum absolute atomic E-state index is 0.0402. The van der Waals surface area contributed by atoms with Crippen LogP contribution in [0.1, 0.15) is 81.1 Å². The third kappa shape index (κ3) is 10.3. The van der Waals surface area contributed by atoms with Gasteiger partial charge in [-0.15, -0.1) is 20.4 Å². The van der Waals surface area contributed by atoms with Crippen molar-refractivity contribution >= 4 is 11.6 Å². The van der Waals surface area contributed by atoms with Gasteiger partial charge in [-0.2, -0.15) is 0 Å². The van der Waals surface area contributed by atoms with Crippen molar-refractivity contribution < 1.29 is 29.2 Å². The monoisotopic (exact) mass is 800 g/mol. The van der Waals surface area contributed by atoms with Gasteiger partial charge in [0.25, 0.3) is 0 Å². The van der Waals surface area contributed by atoms with Gasteiger partial charge in [-0.25, -0.2) is 0 Å². The van der Waals surface area contributed by atoms with E-state index in [1.54, 1.807) is 39.5 Å². The number of anilines is 2. The molecule has 14 heteroatoms. The lowest BCUT2D eigenvalue weighted by atomic mass is 9.79. The SMILES string of the molecule is COc1cc(O)c(-c2ccc(N(C)C3CC(C)(C)NC(C)(C)C3)nn2)c(OC)c1.COc1cc(O)c(-c2ccc(N(C)C3CC(C)(C)NC(C)(C)C3)nn2)cc1OC. The van der Waals surface area contributed by atoms with Crippen LogP contribution in [0.3, 0.4) is 0 Å². The lowest BCUT2D eigenvalue weighted by Crippen LogP contribution is -2.62. The number of nitrogens with zero attached hydrogens (tertiary/aromatic N) is 6. The van der Waals surface area contributed by atoms with Gasteiger partial charge in [0.15, 0.2) is 23.1 Å². The zero-order valence-electron chi connectivity index (χ0n) is 36.8. The van der Waals surface area contributed by atoms with E-state index in [1.165, 1.54) is 13.2 Å². The Hall–Kier alpha value is -5.08. The van der Waals surface area contributed by atoms with Gasteiger partial charge in [0.2, 0.25) is 0 Å². The lowest BCUT2D eigenvalue weighted by molar-refractivity contribution is 0.160. The van der Waals surface area contributed by atoms with E-state index in [2.05, 4.69) is 110 Å². The van der Waals surface area contributed by atoms with E-state index in [0.29, 0.717) is 57.6 Å². The van der Waals surface area contributed by atoms with E-state index >= 15 is 0 Å². The molecule has 0 unspecified atom stereocenters. The zero-order valence-corrected chi connectivity index (χ0v) is 36.8. The third-order valence-corrected chi connectivity index (χ3v) is 11.0. The Morgan fingerprint density at radius 2 is 0.966 bits per heavy atom. The largest absolute Gasteiger partial charge is 0.507 e. The van der Waals surface area contributed by atoms with E-state index in [0.717, 1.165) is 37.3 Å². The first-order valence-electron chi connectivity index (χ1n) is 19.7. The molecule has 0 bridgehead atoms. The number of hydrogen-bond donors (Lipinski definition) is 4. The molecule has 4 N–H and O–H groups in total. The van der Waals surface area contributed by atoms with Gasteiger partial charge in [0.05, 0.1) is 39.7 Å². The lowest BCUT2D eigenvalue weighted by Gasteiger charge is -2.49. The Morgan fingerprint density at radius 3 is 1.36 bits per heavy atom. The average molecular weight is 801 g/mol. The van der Waals surface area contributed by atoms with Gasteiger partial charge < -0.3 is 49.6 Å². The number of ether oxygens (including phenoxy) is 4. The number of phenols is 2. The summed E-state index contributed by atoms with van der Waals surface area (Å²) in [5.41, 5.74) is 2.38. The molecule has 2 fully saturated rings. The fourth-order valence-electron chi connectivity index (χ4n) is 8.95. The molecule has 0 spiro atoms. The van der Waals surface area contributed by atoms with Crippen molar-refractivity contribution in [2.75, 3.05) is 52.3 Å². The molecule has 6 rings (SSSR count).